The molecule has 0 saturated heterocycles. The van der Waals surface area contributed by atoms with E-state index in [1.54, 1.807) is 60.7 Å². The van der Waals surface area contributed by atoms with E-state index in [1.165, 1.54) is 54.7 Å². The number of non-ortho nitro benzene ring substituents is 2. The summed E-state index contributed by atoms with van der Waals surface area (Å²) in [5, 5.41) is 54.8. The van der Waals surface area contributed by atoms with E-state index in [4.69, 9.17) is 0 Å². The minimum absolute atomic E-state index is 0.0753. The van der Waals surface area contributed by atoms with Crippen LogP contribution in [0.5, 0.6) is 0 Å². The van der Waals surface area contributed by atoms with Crippen LogP contribution in [0, 0.1) is 20.2 Å². The fourth-order valence-electron chi connectivity index (χ4n) is 5.55. The summed E-state index contributed by atoms with van der Waals surface area (Å²) in [7, 11) is 0. The number of H-pyrrole nitrogens is 1. The zero-order chi connectivity index (χ0) is 38.5. The molecule has 0 aliphatic rings. The molecule has 0 unspecified atom stereocenters. The van der Waals surface area contributed by atoms with Gasteiger partial charge < -0.3 is 15.2 Å². The summed E-state index contributed by atoms with van der Waals surface area (Å²) in [6, 6.07) is 31.9. The minimum Gasteiger partial charge on any atom is -0.382 e. The minimum atomic E-state index is -1.52. The Hall–Kier alpha value is -7.76. The smallest absolute Gasteiger partial charge is 0.276 e. The van der Waals surface area contributed by atoms with Crippen LogP contribution in [0.15, 0.2) is 143 Å². The second kappa shape index (κ2) is 15.5. The molecule has 0 fully saturated rings. The first-order chi connectivity index (χ1) is 26.6. The Labute approximate surface area is 309 Å². The summed E-state index contributed by atoms with van der Waals surface area (Å²) in [6.07, 6.45) is -1.54. The third-order valence-electron chi connectivity index (χ3n) is 8.37. The third-order valence-corrected chi connectivity index (χ3v) is 8.37. The Morgan fingerprint density at radius 2 is 1.18 bits per heavy atom. The van der Waals surface area contributed by atoms with Crippen LogP contribution >= 0.6 is 0 Å². The van der Waals surface area contributed by atoms with Crippen molar-refractivity contribution in [1.29, 1.82) is 0 Å². The summed E-state index contributed by atoms with van der Waals surface area (Å²) in [5.74, 6) is 0. The van der Waals surface area contributed by atoms with E-state index in [0.717, 1.165) is 0 Å². The fraction of sp³-hybridized carbons (Fsp3) is 0.0526. The van der Waals surface area contributed by atoms with Crippen LogP contribution in [0.2, 0.25) is 0 Å². The molecule has 272 valence electrons. The van der Waals surface area contributed by atoms with Crippen LogP contribution in [0.4, 0.5) is 22.7 Å². The molecule has 5 aromatic carbocycles. The molecule has 2 heterocycles. The lowest BCUT2D eigenvalue weighted by molar-refractivity contribution is -0.384. The maximum absolute atomic E-state index is 13.3. The quantitative estimate of drug-likeness (QED) is 0.0569. The Balaban J connectivity index is 1.23. The Morgan fingerprint density at radius 1 is 0.655 bits per heavy atom. The van der Waals surface area contributed by atoms with Gasteiger partial charge in [0.05, 0.1) is 49.5 Å². The molecule has 7 aromatic rings. The molecule has 0 saturated carbocycles. The van der Waals surface area contributed by atoms with E-state index < -0.39 is 27.6 Å². The van der Waals surface area contributed by atoms with E-state index >= 15 is 0 Å². The summed E-state index contributed by atoms with van der Waals surface area (Å²) in [4.78, 5) is 50.7. The van der Waals surface area contributed by atoms with Gasteiger partial charge in [-0.1, -0.05) is 60.7 Å². The number of fused-ring (bicyclic) bond motifs is 2. The molecule has 2 aromatic heterocycles. The van der Waals surface area contributed by atoms with Crippen molar-refractivity contribution >= 4 is 56.2 Å². The number of hydrogen-bond acceptors (Lipinski definition) is 14. The highest BCUT2D eigenvalue weighted by Gasteiger charge is 2.25. The number of nitrogens with one attached hydrogen (secondary N) is 3. The van der Waals surface area contributed by atoms with Gasteiger partial charge in [-0.2, -0.15) is 10.2 Å². The lowest BCUT2D eigenvalue weighted by Crippen LogP contribution is -2.26. The summed E-state index contributed by atoms with van der Waals surface area (Å²) >= 11 is 0. The lowest BCUT2D eigenvalue weighted by Gasteiger charge is -2.17. The highest BCUT2D eigenvalue weighted by molar-refractivity contribution is 6.05. The van der Waals surface area contributed by atoms with Gasteiger partial charge in [-0.05, 0) is 47.5 Å². The second-order valence-corrected chi connectivity index (χ2v) is 12.0. The standard InChI is InChI=1S/C38H28N10O7/c49-36(33(45-43-24-7-3-1-4-8-24)32-21-39-30-19-26(47(52)53)15-17-28(30)40-32)22-11-13-23(14-12-22)37(50)34(46-44-25-9-5-2-6-10-25)35-38(51)42-31-20-27(48(54)55)16-18-29(31)41-35/h1-21,36-37,43-44,49-50H,(H,42,51)/b45-33+,46-34-/t36-,37+/m1/s1. The van der Waals surface area contributed by atoms with Crippen molar-refractivity contribution in [2.45, 2.75) is 12.2 Å². The Kier molecular flexibility index (Phi) is 10.0. The monoisotopic (exact) mass is 736 g/mol. The number of aromatic nitrogens is 4. The molecule has 0 amide bonds. The number of aliphatic hydroxyl groups is 2. The van der Waals surface area contributed by atoms with E-state index in [2.05, 4.69) is 41.0 Å². The number of nitro benzene ring substituents is 2. The van der Waals surface area contributed by atoms with Crippen molar-refractivity contribution in [3.8, 4) is 0 Å². The number of hydrazone groups is 2. The highest BCUT2D eigenvalue weighted by Crippen LogP contribution is 2.26. The molecule has 55 heavy (non-hydrogen) atoms. The number of hydrogen-bond donors (Lipinski definition) is 5. The average Bonchev–Trinajstić information content (AvgIpc) is 3.21. The normalized spacial score (nSPS) is 13.0. The molecule has 0 radical (unpaired) electrons. The number of para-hydroxylation sites is 2. The SMILES string of the molecule is O=c1[nH]c2cc([N+](=O)[O-])ccc2nc1/C(=N/Nc1ccccc1)[C@@H](O)c1ccc([C@@H](O)/C(=N/Nc2ccccc2)c2cnc3cc([N+](=O)[O-])ccc3n2)cc1. The molecule has 0 bridgehead atoms. The van der Waals surface area contributed by atoms with Crippen molar-refractivity contribution in [1.82, 2.24) is 19.9 Å². The number of aliphatic hydroxyl groups excluding tert-OH is 2. The van der Waals surface area contributed by atoms with Crippen LogP contribution in [-0.4, -0.2) is 51.4 Å². The first-order valence-corrected chi connectivity index (χ1v) is 16.5. The van der Waals surface area contributed by atoms with Crippen LogP contribution in [0.3, 0.4) is 0 Å². The number of rotatable bonds is 12. The van der Waals surface area contributed by atoms with Gasteiger partial charge in [0.1, 0.15) is 29.3 Å². The predicted octanol–water partition coefficient (Wildman–Crippen LogP) is 5.78. The number of anilines is 2. The van der Waals surface area contributed by atoms with Gasteiger partial charge in [-0.25, -0.2) is 9.97 Å². The van der Waals surface area contributed by atoms with Crippen molar-refractivity contribution < 1.29 is 20.1 Å². The van der Waals surface area contributed by atoms with Crippen molar-refractivity contribution in [2.75, 3.05) is 10.9 Å². The molecule has 2 atom stereocenters. The highest BCUT2D eigenvalue weighted by atomic mass is 16.6. The largest absolute Gasteiger partial charge is 0.382 e. The first-order valence-electron chi connectivity index (χ1n) is 16.5. The van der Waals surface area contributed by atoms with Gasteiger partial charge in [-0.15, -0.1) is 0 Å². The van der Waals surface area contributed by atoms with Crippen molar-refractivity contribution in [2.24, 2.45) is 10.2 Å². The van der Waals surface area contributed by atoms with Crippen LogP contribution in [0.1, 0.15) is 34.7 Å². The van der Waals surface area contributed by atoms with Crippen LogP contribution in [-0.2, 0) is 0 Å². The van der Waals surface area contributed by atoms with E-state index in [1.807, 2.05) is 12.1 Å². The molecule has 17 heteroatoms. The summed E-state index contributed by atoms with van der Waals surface area (Å²) in [6.45, 7) is 0. The Bertz CT molecular complexity index is 2670. The van der Waals surface area contributed by atoms with E-state index in [0.29, 0.717) is 22.5 Å². The molecule has 0 aliphatic heterocycles. The summed E-state index contributed by atoms with van der Waals surface area (Å²) < 4.78 is 0. The van der Waals surface area contributed by atoms with Gasteiger partial charge in [0.2, 0.25) is 0 Å². The molecular weight excluding hydrogens is 708 g/mol. The molecular formula is C38H28N10O7. The average molecular weight is 737 g/mol. The second-order valence-electron chi connectivity index (χ2n) is 12.0. The molecule has 5 N–H and O–H groups in total. The van der Waals surface area contributed by atoms with Crippen LogP contribution in [0.25, 0.3) is 22.1 Å². The number of aromatic amines is 1. The molecule has 0 aliphatic carbocycles. The summed E-state index contributed by atoms with van der Waals surface area (Å²) in [5.41, 5.74) is 7.30. The van der Waals surface area contributed by atoms with E-state index in [9.17, 15) is 35.2 Å². The first kappa shape index (κ1) is 35.6. The fourth-order valence-corrected chi connectivity index (χ4v) is 5.55. The van der Waals surface area contributed by atoms with Gasteiger partial charge in [-0.3, -0.25) is 40.9 Å². The number of nitrogens with zero attached hydrogens (tertiary/aromatic N) is 7. The molecule has 7 rings (SSSR count). The van der Waals surface area contributed by atoms with E-state index in [-0.39, 0.29) is 56.3 Å². The third kappa shape index (κ3) is 7.87. The zero-order valence-corrected chi connectivity index (χ0v) is 28.3. The molecule has 0 spiro atoms. The van der Waals surface area contributed by atoms with Gasteiger partial charge >= 0.3 is 0 Å². The predicted molar refractivity (Wildman–Crippen MR) is 205 cm³/mol. The van der Waals surface area contributed by atoms with Gasteiger partial charge in [0, 0.05) is 24.3 Å². The van der Waals surface area contributed by atoms with Crippen molar-refractivity contribution in [3.05, 3.63) is 181 Å². The number of benzene rings is 5. The van der Waals surface area contributed by atoms with Crippen LogP contribution < -0.4 is 16.4 Å². The lowest BCUT2D eigenvalue weighted by atomic mass is 9.97. The van der Waals surface area contributed by atoms with Gasteiger partial charge in [0.15, 0.2) is 5.69 Å². The molecule has 17 nitrogen and oxygen atoms in total. The van der Waals surface area contributed by atoms with Crippen molar-refractivity contribution in [3.63, 3.8) is 0 Å². The zero-order valence-electron chi connectivity index (χ0n) is 28.3. The topological polar surface area (TPSA) is 247 Å². The number of nitro groups is 2. The van der Waals surface area contributed by atoms with Gasteiger partial charge in [0.25, 0.3) is 16.9 Å². The maximum atomic E-state index is 13.3. The maximum Gasteiger partial charge on any atom is 0.276 e. The Morgan fingerprint density at radius 3 is 1.76 bits per heavy atom.